The number of hydrogen-bond donors (Lipinski definition) is 1. The minimum atomic E-state index is -0.228. The van der Waals surface area contributed by atoms with Gasteiger partial charge in [-0.15, -0.1) is 0 Å². The van der Waals surface area contributed by atoms with Gasteiger partial charge >= 0.3 is 0 Å². The first kappa shape index (κ1) is 10.9. The van der Waals surface area contributed by atoms with Crippen LogP contribution in [0.15, 0.2) is 12.3 Å². The van der Waals surface area contributed by atoms with E-state index >= 15 is 0 Å². The number of nitrogens with two attached hydrogens (primary N) is 1. The molecule has 14 heavy (non-hydrogen) atoms. The highest BCUT2D eigenvalue weighted by Crippen LogP contribution is 2.14. The molecule has 0 saturated carbocycles. The Hall–Kier alpha value is -1.16. The van der Waals surface area contributed by atoms with E-state index in [2.05, 4.69) is 9.97 Å². The maximum atomic E-state index is 5.60. The van der Waals surface area contributed by atoms with Crippen LogP contribution in [0.2, 0.25) is 0 Å². The van der Waals surface area contributed by atoms with Gasteiger partial charge in [0.15, 0.2) is 0 Å². The van der Waals surface area contributed by atoms with Gasteiger partial charge in [0.05, 0.1) is 0 Å². The summed E-state index contributed by atoms with van der Waals surface area (Å²) in [7, 11) is 0. The lowest BCUT2D eigenvalue weighted by Crippen LogP contribution is -2.23. The van der Waals surface area contributed by atoms with Crippen LogP contribution in [0.5, 0.6) is 5.88 Å². The minimum Gasteiger partial charge on any atom is -0.472 e. The predicted octanol–water partition coefficient (Wildman–Crippen LogP) is 1.16. The molecule has 0 saturated heterocycles. The molecule has 0 spiro atoms. The molecule has 0 aliphatic heterocycles. The summed E-state index contributed by atoms with van der Waals surface area (Å²) >= 11 is 0. The average molecular weight is 195 g/mol. The molecule has 4 nitrogen and oxygen atoms in total. The fourth-order valence-electron chi connectivity index (χ4n) is 1.00. The van der Waals surface area contributed by atoms with Gasteiger partial charge in [0, 0.05) is 18.7 Å². The molecule has 2 N–H and O–H groups in total. The lowest BCUT2D eigenvalue weighted by molar-refractivity contribution is 0.123. The summed E-state index contributed by atoms with van der Waals surface area (Å²) in [5.74, 6) is 1.34. The third kappa shape index (κ3) is 3.70. The van der Waals surface area contributed by atoms with Crippen LogP contribution in [0, 0.1) is 0 Å². The Balaban J connectivity index is 2.73. The molecule has 0 fully saturated rings. The Bertz CT molecular complexity index is 294. The molecule has 0 unspecified atom stereocenters. The Kier molecular flexibility index (Phi) is 3.41. The standard InChI is InChI=1S/C10H17N3O/c1-10(2,3)14-9-5-7-12-8(13-9)4-6-11/h5,7H,4,6,11H2,1-3H3. The molecule has 0 aromatic carbocycles. The Morgan fingerprint density at radius 2 is 2.14 bits per heavy atom. The lowest BCUT2D eigenvalue weighted by Gasteiger charge is -2.20. The summed E-state index contributed by atoms with van der Waals surface area (Å²) in [6.45, 7) is 6.51. The first-order chi connectivity index (χ1) is 6.51. The van der Waals surface area contributed by atoms with Crippen molar-refractivity contribution in [2.24, 2.45) is 5.73 Å². The van der Waals surface area contributed by atoms with Gasteiger partial charge in [0.25, 0.3) is 0 Å². The van der Waals surface area contributed by atoms with E-state index in [1.807, 2.05) is 20.8 Å². The van der Waals surface area contributed by atoms with E-state index < -0.39 is 0 Å². The highest BCUT2D eigenvalue weighted by atomic mass is 16.5. The largest absolute Gasteiger partial charge is 0.472 e. The minimum absolute atomic E-state index is 0.228. The third-order valence-electron chi connectivity index (χ3n) is 1.46. The smallest absolute Gasteiger partial charge is 0.217 e. The summed E-state index contributed by atoms with van der Waals surface area (Å²) in [5.41, 5.74) is 5.19. The van der Waals surface area contributed by atoms with E-state index in [9.17, 15) is 0 Å². The number of ether oxygens (including phenoxy) is 1. The third-order valence-corrected chi connectivity index (χ3v) is 1.46. The first-order valence-corrected chi connectivity index (χ1v) is 4.72. The summed E-state index contributed by atoms with van der Waals surface area (Å²) in [6, 6.07) is 1.76. The molecule has 0 radical (unpaired) electrons. The van der Waals surface area contributed by atoms with Gasteiger partial charge < -0.3 is 10.5 Å². The molecule has 0 amide bonds. The highest BCUT2D eigenvalue weighted by Gasteiger charge is 2.12. The van der Waals surface area contributed by atoms with E-state index in [0.717, 1.165) is 5.82 Å². The maximum absolute atomic E-state index is 5.60. The van der Waals surface area contributed by atoms with Crippen molar-refractivity contribution in [3.05, 3.63) is 18.1 Å². The summed E-state index contributed by atoms with van der Waals surface area (Å²) in [5, 5.41) is 0. The molecule has 1 aromatic rings. The van der Waals surface area contributed by atoms with Crippen LogP contribution in [0.4, 0.5) is 0 Å². The van der Waals surface area contributed by atoms with Crippen LogP contribution in [0.25, 0.3) is 0 Å². The van der Waals surface area contributed by atoms with Gasteiger partial charge in [-0.2, -0.15) is 4.98 Å². The summed E-state index contributed by atoms with van der Waals surface area (Å²) in [6.07, 6.45) is 2.38. The molecule has 0 aliphatic carbocycles. The lowest BCUT2D eigenvalue weighted by atomic mass is 10.2. The van der Waals surface area contributed by atoms with Crippen LogP contribution >= 0.6 is 0 Å². The Morgan fingerprint density at radius 3 is 2.71 bits per heavy atom. The average Bonchev–Trinajstić information content (AvgIpc) is 2.02. The molecule has 1 rings (SSSR count). The van der Waals surface area contributed by atoms with Crippen molar-refractivity contribution in [3.63, 3.8) is 0 Å². The van der Waals surface area contributed by atoms with Crippen LogP contribution in [-0.2, 0) is 6.42 Å². The van der Waals surface area contributed by atoms with Crippen molar-refractivity contribution < 1.29 is 4.74 Å². The SMILES string of the molecule is CC(C)(C)Oc1ccnc(CCN)n1. The molecule has 0 aliphatic rings. The molecule has 1 heterocycles. The number of hydrogen-bond acceptors (Lipinski definition) is 4. The zero-order valence-electron chi connectivity index (χ0n) is 8.95. The monoisotopic (exact) mass is 195 g/mol. The van der Waals surface area contributed by atoms with E-state index in [1.54, 1.807) is 12.3 Å². The van der Waals surface area contributed by atoms with Gasteiger partial charge in [-0.05, 0) is 27.3 Å². The molecular formula is C10H17N3O. The van der Waals surface area contributed by atoms with Crippen molar-refractivity contribution in [1.29, 1.82) is 0 Å². The van der Waals surface area contributed by atoms with Gasteiger partial charge in [0.2, 0.25) is 5.88 Å². The van der Waals surface area contributed by atoms with Gasteiger partial charge in [-0.3, -0.25) is 0 Å². The fourth-order valence-corrected chi connectivity index (χ4v) is 1.00. The second-order valence-electron chi connectivity index (χ2n) is 4.06. The number of rotatable bonds is 3. The van der Waals surface area contributed by atoms with E-state index in [1.165, 1.54) is 0 Å². The second-order valence-corrected chi connectivity index (χ2v) is 4.06. The van der Waals surface area contributed by atoms with Crippen molar-refractivity contribution in [2.75, 3.05) is 6.54 Å². The summed E-state index contributed by atoms with van der Waals surface area (Å²) in [4.78, 5) is 8.32. The van der Waals surface area contributed by atoms with E-state index in [0.29, 0.717) is 18.8 Å². The zero-order valence-corrected chi connectivity index (χ0v) is 8.95. The van der Waals surface area contributed by atoms with Crippen LogP contribution in [-0.4, -0.2) is 22.1 Å². The molecule has 0 bridgehead atoms. The normalized spacial score (nSPS) is 11.4. The van der Waals surface area contributed by atoms with Gasteiger partial charge in [-0.1, -0.05) is 0 Å². The van der Waals surface area contributed by atoms with Crippen molar-refractivity contribution >= 4 is 0 Å². The summed E-state index contributed by atoms with van der Waals surface area (Å²) < 4.78 is 5.60. The number of aromatic nitrogens is 2. The van der Waals surface area contributed by atoms with Crippen LogP contribution in [0.3, 0.4) is 0 Å². The molecule has 0 atom stereocenters. The topological polar surface area (TPSA) is 61.0 Å². The zero-order chi connectivity index (χ0) is 10.6. The fraction of sp³-hybridized carbons (Fsp3) is 0.600. The first-order valence-electron chi connectivity index (χ1n) is 4.72. The van der Waals surface area contributed by atoms with Crippen LogP contribution < -0.4 is 10.5 Å². The predicted molar refractivity (Wildman–Crippen MR) is 55.2 cm³/mol. The Morgan fingerprint density at radius 1 is 1.43 bits per heavy atom. The van der Waals surface area contributed by atoms with E-state index in [4.69, 9.17) is 10.5 Å². The van der Waals surface area contributed by atoms with Gasteiger partial charge in [-0.25, -0.2) is 4.98 Å². The van der Waals surface area contributed by atoms with Crippen molar-refractivity contribution in [1.82, 2.24) is 9.97 Å². The maximum Gasteiger partial charge on any atom is 0.217 e. The highest BCUT2D eigenvalue weighted by molar-refractivity contribution is 5.09. The Labute approximate surface area is 84.5 Å². The molecular weight excluding hydrogens is 178 g/mol. The molecule has 4 heteroatoms. The molecule has 78 valence electrons. The van der Waals surface area contributed by atoms with E-state index in [-0.39, 0.29) is 5.60 Å². The van der Waals surface area contributed by atoms with Crippen molar-refractivity contribution in [2.45, 2.75) is 32.8 Å². The molecule has 1 aromatic heterocycles. The number of nitrogens with zero attached hydrogens (tertiary/aromatic N) is 2. The quantitative estimate of drug-likeness (QED) is 0.786. The van der Waals surface area contributed by atoms with Crippen LogP contribution in [0.1, 0.15) is 26.6 Å². The van der Waals surface area contributed by atoms with Gasteiger partial charge in [0.1, 0.15) is 11.4 Å². The van der Waals surface area contributed by atoms with Crippen molar-refractivity contribution in [3.8, 4) is 5.88 Å². The second kappa shape index (κ2) is 4.37.